The summed E-state index contributed by atoms with van der Waals surface area (Å²) in [5.74, 6) is -1.17. The largest absolute Gasteiger partial charge is 0.317 e. The van der Waals surface area contributed by atoms with Gasteiger partial charge in [-0.2, -0.15) is 4.39 Å². The molecule has 0 unspecified atom stereocenters. The maximum absolute atomic E-state index is 13.6. The van der Waals surface area contributed by atoms with Gasteiger partial charge in [0, 0.05) is 17.7 Å². The van der Waals surface area contributed by atoms with Gasteiger partial charge >= 0.3 is 5.69 Å². The maximum atomic E-state index is 13.6. The summed E-state index contributed by atoms with van der Waals surface area (Å²) in [6.45, 7) is 3.16. The topological polar surface area (TPSA) is 101 Å². The smallest absolute Gasteiger partial charge is 0.304 e. The highest BCUT2D eigenvalue weighted by Gasteiger charge is 2.32. The zero-order chi connectivity index (χ0) is 15.7. The molecule has 1 fully saturated rings. The normalized spacial score (nSPS) is 18.4. The van der Waals surface area contributed by atoms with Crippen LogP contribution in [0.4, 0.5) is 10.1 Å². The van der Waals surface area contributed by atoms with Crippen LogP contribution in [0, 0.1) is 15.9 Å². The van der Waals surface area contributed by atoms with Gasteiger partial charge < -0.3 is 5.32 Å². The van der Waals surface area contributed by atoms with Crippen molar-refractivity contribution in [1.82, 2.24) is 10.0 Å². The van der Waals surface area contributed by atoms with Gasteiger partial charge in [-0.25, -0.2) is 13.1 Å². The molecule has 0 aromatic heterocycles. The molecule has 1 heterocycles. The summed E-state index contributed by atoms with van der Waals surface area (Å²) in [6, 6.07) is 2.56. The molecule has 0 atom stereocenters. The highest BCUT2D eigenvalue weighted by molar-refractivity contribution is 7.89. The predicted molar refractivity (Wildman–Crippen MR) is 73.9 cm³/mol. The van der Waals surface area contributed by atoms with Crippen molar-refractivity contribution in [3.8, 4) is 0 Å². The van der Waals surface area contributed by atoms with E-state index in [9.17, 15) is 22.9 Å². The monoisotopic (exact) mass is 317 g/mol. The lowest BCUT2D eigenvalue weighted by atomic mass is 9.92. The Kier molecular flexibility index (Phi) is 4.26. The molecule has 1 aliphatic heterocycles. The third-order valence-electron chi connectivity index (χ3n) is 3.51. The van der Waals surface area contributed by atoms with Crippen LogP contribution in [0.25, 0.3) is 0 Å². The van der Waals surface area contributed by atoms with Crippen LogP contribution in [0.5, 0.6) is 0 Å². The number of hydrogen-bond donors (Lipinski definition) is 2. The number of nitro benzene ring substituents is 1. The third-order valence-corrected chi connectivity index (χ3v) is 5.15. The summed E-state index contributed by atoms with van der Waals surface area (Å²) in [7, 11) is -3.92. The third kappa shape index (κ3) is 3.55. The fourth-order valence-electron chi connectivity index (χ4n) is 2.27. The first kappa shape index (κ1) is 15.8. The lowest BCUT2D eigenvalue weighted by molar-refractivity contribution is -0.387. The summed E-state index contributed by atoms with van der Waals surface area (Å²) in [6.07, 6.45) is 1.23. The number of nitrogens with zero attached hydrogens (tertiary/aromatic N) is 1. The molecule has 9 heteroatoms. The van der Waals surface area contributed by atoms with Gasteiger partial charge in [0.25, 0.3) is 0 Å². The van der Waals surface area contributed by atoms with Gasteiger partial charge in [-0.05, 0) is 38.9 Å². The van der Waals surface area contributed by atoms with Crippen molar-refractivity contribution < 1.29 is 17.7 Å². The van der Waals surface area contributed by atoms with Crippen molar-refractivity contribution in [3.05, 3.63) is 34.1 Å². The minimum Gasteiger partial charge on any atom is -0.317 e. The Bertz CT molecular complexity index is 656. The van der Waals surface area contributed by atoms with Gasteiger partial charge in [-0.3, -0.25) is 10.1 Å². The summed E-state index contributed by atoms with van der Waals surface area (Å²) in [5, 5.41) is 13.7. The maximum Gasteiger partial charge on any atom is 0.304 e. The molecule has 0 aliphatic carbocycles. The van der Waals surface area contributed by atoms with Crippen LogP contribution in [-0.2, 0) is 10.0 Å². The first-order valence-electron chi connectivity index (χ1n) is 6.42. The second-order valence-electron chi connectivity index (χ2n) is 5.29. The highest BCUT2D eigenvalue weighted by atomic mass is 32.2. The molecule has 116 valence electrons. The van der Waals surface area contributed by atoms with E-state index in [-0.39, 0.29) is 4.90 Å². The average Bonchev–Trinajstić information content (AvgIpc) is 2.37. The van der Waals surface area contributed by atoms with E-state index in [1.165, 1.54) is 0 Å². The molecular weight excluding hydrogens is 301 g/mol. The molecule has 0 spiro atoms. The fourth-order valence-corrected chi connectivity index (χ4v) is 3.74. The molecule has 0 radical (unpaired) electrons. The van der Waals surface area contributed by atoms with E-state index in [1.54, 1.807) is 6.92 Å². The Morgan fingerprint density at radius 3 is 2.52 bits per heavy atom. The number of halogens is 1. The van der Waals surface area contributed by atoms with Crippen LogP contribution < -0.4 is 10.0 Å². The molecule has 0 saturated carbocycles. The van der Waals surface area contributed by atoms with Gasteiger partial charge in [0.05, 0.1) is 9.82 Å². The first-order valence-corrected chi connectivity index (χ1v) is 7.90. The Morgan fingerprint density at radius 1 is 1.38 bits per heavy atom. The molecule has 0 amide bonds. The number of benzene rings is 1. The number of nitro groups is 1. The molecule has 1 aromatic rings. The van der Waals surface area contributed by atoms with Crippen LogP contribution in [0.1, 0.15) is 19.8 Å². The minimum absolute atomic E-state index is 0.314. The standard InChI is InChI=1S/C12H16FN3O4S/c1-12(4-6-14-7-5-12)15-21(19,20)9-2-3-11(16(17)18)10(13)8-9/h2-3,8,14-15H,4-7H2,1H3. The van der Waals surface area contributed by atoms with Crippen LogP contribution in [0.15, 0.2) is 23.1 Å². The second kappa shape index (κ2) is 5.66. The minimum atomic E-state index is -3.92. The van der Waals surface area contributed by atoms with E-state index >= 15 is 0 Å². The molecule has 0 bridgehead atoms. The predicted octanol–water partition coefficient (Wildman–Crippen LogP) is 1.15. The van der Waals surface area contributed by atoms with Crippen molar-refractivity contribution >= 4 is 15.7 Å². The second-order valence-corrected chi connectivity index (χ2v) is 6.97. The molecule has 2 N–H and O–H groups in total. The highest BCUT2D eigenvalue weighted by Crippen LogP contribution is 2.24. The van der Waals surface area contributed by atoms with Crippen LogP contribution >= 0.6 is 0 Å². The van der Waals surface area contributed by atoms with E-state index in [1.807, 2.05) is 0 Å². The number of piperidine rings is 1. The Hall–Kier alpha value is -1.58. The fraction of sp³-hybridized carbons (Fsp3) is 0.500. The number of rotatable bonds is 4. The summed E-state index contributed by atoms with van der Waals surface area (Å²) in [4.78, 5) is 9.33. The number of nitrogens with one attached hydrogen (secondary N) is 2. The van der Waals surface area contributed by atoms with Gasteiger partial charge in [0.15, 0.2) is 0 Å². The number of sulfonamides is 1. The Labute approximate surface area is 121 Å². The molecule has 1 aliphatic rings. The van der Waals surface area contributed by atoms with Crippen LogP contribution in [0.2, 0.25) is 0 Å². The van der Waals surface area contributed by atoms with Crippen molar-refractivity contribution in [2.24, 2.45) is 0 Å². The average molecular weight is 317 g/mol. The molecule has 7 nitrogen and oxygen atoms in total. The van der Waals surface area contributed by atoms with Crippen LogP contribution in [0.3, 0.4) is 0 Å². The molecular formula is C12H16FN3O4S. The van der Waals surface area contributed by atoms with E-state index in [0.29, 0.717) is 32.0 Å². The molecule has 1 saturated heterocycles. The Balaban J connectivity index is 2.27. The van der Waals surface area contributed by atoms with E-state index in [2.05, 4.69) is 10.0 Å². The van der Waals surface area contributed by atoms with Crippen molar-refractivity contribution in [3.63, 3.8) is 0 Å². The lowest BCUT2D eigenvalue weighted by Gasteiger charge is -2.34. The van der Waals surface area contributed by atoms with Crippen molar-refractivity contribution in [2.45, 2.75) is 30.2 Å². The van der Waals surface area contributed by atoms with Gasteiger partial charge in [0.1, 0.15) is 0 Å². The SMILES string of the molecule is CC1(NS(=O)(=O)c2ccc([N+](=O)[O-])c(F)c2)CCNCC1. The zero-order valence-electron chi connectivity index (χ0n) is 11.4. The summed E-state index contributed by atoms with van der Waals surface area (Å²) in [5.41, 5.74) is -1.36. The number of hydrogen-bond acceptors (Lipinski definition) is 5. The van der Waals surface area contributed by atoms with E-state index < -0.39 is 32.0 Å². The van der Waals surface area contributed by atoms with Crippen LogP contribution in [-0.4, -0.2) is 32.0 Å². The van der Waals surface area contributed by atoms with Gasteiger partial charge in [0.2, 0.25) is 15.8 Å². The molecule has 1 aromatic carbocycles. The van der Waals surface area contributed by atoms with Crippen molar-refractivity contribution in [2.75, 3.05) is 13.1 Å². The quantitative estimate of drug-likeness (QED) is 0.641. The summed E-state index contributed by atoms with van der Waals surface area (Å²) >= 11 is 0. The van der Waals surface area contributed by atoms with Crippen molar-refractivity contribution in [1.29, 1.82) is 0 Å². The zero-order valence-corrected chi connectivity index (χ0v) is 12.2. The lowest BCUT2D eigenvalue weighted by Crippen LogP contribution is -2.52. The van der Waals surface area contributed by atoms with Gasteiger partial charge in [-0.1, -0.05) is 0 Å². The van der Waals surface area contributed by atoms with Gasteiger partial charge in [-0.15, -0.1) is 0 Å². The summed E-state index contributed by atoms with van der Waals surface area (Å²) < 4.78 is 40.7. The Morgan fingerprint density at radius 2 is 2.00 bits per heavy atom. The van der Waals surface area contributed by atoms with E-state index in [4.69, 9.17) is 0 Å². The molecule has 21 heavy (non-hydrogen) atoms. The van der Waals surface area contributed by atoms with E-state index in [0.717, 1.165) is 12.1 Å². The molecule has 2 rings (SSSR count). The first-order chi connectivity index (χ1) is 9.73.